The quantitative estimate of drug-likeness (QED) is 0.314. The molecule has 0 aliphatic heterocycles. The molecule has 0 fully saturated rings. The lowest BCUT2D eigenvalue weighted by Gasteiger charge is -2.27. The van der Waals surface area contributed by atoms with E-state index in [-0.39, 0.29) is 11.5 Å². The SMILES string of the molecule is Cc1ccc(N=C(c2ccccc2)N(c2ccc(O)cc2)c2ccc(O)cc2)cc1. The standard InChI is InChI=1S/C26H22N2O2/c1-19-7-9-21(10-8-19)27-26(20-5-3-2-4-6-20)28(22-11-15-24(29)16-12-22)23-13-17-25(30)18-14-23/h2-18,29-30H,1H3. The zero-order chi connectivity index (χ0) is 20.9. The Labute approximate surface area is 176 Å². The molecule has 0 spiro atoms. The largest absolute Gasteiger partial charge is 0.508 e. The molecular formula is C26H22N2O2. The van der Waals surface area contributed by atoms with Crippen LogP contribution in [0.2, 0.25) is 0 Å². The molecule has 0 radical (unpaired) electrons. The van der Waals surface area contributed by atoms with E-state index in [4.69, 9.17) is 4.99 Å². The van der Waals surface area contributed by atoms with Gasteiger partial charge in [-0.15, -0.1) is 0 Å². The molecule has 148 valence electrons. The fourth-order valence-electron chi connectivity index (χ4n) is 3.17. The van der Waals surface area contributed by atoms with Crippen molar-refractivity contribution in [1.29, 1.82) is 0 Å². The minimum absolute atomic E-state index is 0.196. The molecule has 4 nitrogen and oxygen atoms in total. The first kappa shape index (κ1) is 19.3. The summed E-state index contributed by atoms with van der Waals surface area (Å²) in [4.78, 5) is 6.99. The summed E-state index contributed by atoms with van der Waals surface area (Å²) in [5, 5.41) is 19.6. The van der Waals surface area contributed by atoms with Crippen molar-refractivity contribution in [2.45, 2.75) is 6.92 Å². The molecule has 2 N–H and O–H groups in total. The molecule has 0 aromatic heterocycles. The van der Waals surface area contributed by atoms with Crippen LogP contribution in [0.15, 0.2) is 108 Å². The van der Waals surface area contributed by atoms with Crippen LogP contribution in [0.25, 0.3) is 0 Å². The molecule has 4 rings (SSSR count). The van der Waals surface area contributed by atoms with Gasteiger partial charge in [0.1, 0.15) is 17.3 Å². The molecule has 4 aromatic carbocycles. The van der Waals surface area contributed by atoms with Gasteiger partial charge in [0.05, 0.1) is 5.69 Å². The lowest BCUT2D eigenvalue weighted by molar-refractivity contribution is 0.475. The van der Waals surface area contributed by atoms with Crippen molar-refractivity contribution in [1.82, 2.24) is 0 Å². The molecule has 0 aliphatic rings. The van der Waals surface area contributed by atoms with Crippen molar-refractivity contribution < 1.29 is 10.2 Å². The fraction of sp³-hybridized carbons (Fsp3) is 0.0385. The number of aryl methyl sites for hydroxylation is 1. The summed E-state index contributed by atoms with van der Waals surface area (Å²) in [5.41, 5.74) is 4.63. The zero-order valence-electron chi connectivity index (χ0n) is 16.6. The zero-order valence-corrected chi connectivity index (χ0v) is 16.6. The second-order valence-electron chi connectivity index (χ2n) is 7.01. The van der Waals surface area contributed by atoms with E-state index in [1.54, 1.807) is 24.3 Å². The van der Waals surface area contributed by atoms with Gasteiger partial charge in [0.2, 0.25) is 0 Å². The highest BCUT2D eigenvalue weighted by Crippen LogP contribution is 2.31. The normalized spacial score (nSPS) is 11.3. The van der Waals surface area contributed by atoms with Crippen LogP contribution in [0.4, 0.5) is 17.1 Å². The fourth-order valence-corrected chi connectivity index (χ4v) is 3.17. The Hall–Kier alpha value is -4.05. The summed E-state index contributed by atoms with van der Waals surface area (Å²) in [6.45, 7) is 2.05. The van der Waals surface area contributed by atoms with Gasteiger partial charge < -0.3 is 10.2 Å². The molecular weight excluding hydrogens is 372 g/mol. The van der Waals surface area contributed by atoms with Crippen LogP contribution in [-0.4, -0.2) is 16.0 Å². The average Bonchev–Trinajstić information content (AvgIpc) is 2.78. The van der Waals surface area contributed by atoms with E-state index >= 15 is 0 Å². The molecule has 0 bridgehead atoms. The third-order valence-corrected chi connectivity index (χ3v) is 4.73. The number of aromatic hydroxyl groups is 2. The van der Waals surface area contributed by atoms with Crippen LogP contribution in [-0.2, 0) is 0 Å². The predicted molar refractivity (Wildman–Crippen MR) is 122 cm³/mol. The monoisotopic (exact) mass is 394 g/mol. The van der Waals surface area contributed by atoms with Crippen LogP contribution in [0.5, 0.6) is 11.5 Å². The highest BCUT2D eigenvalue weighted by molar-refractivity contribution is 6.15. The van der Waals surface area contributed by atoms with Gasteiger partial charge in [-0.3, -0.25) is 4.90 Å². The van der Waals surface area contributed by atoms with E-state index in [9.17, 15) is 10.2 Å². The Kier molecular flexibility index (Phi) is 5.48. The molecule has 4 aromatic rings. The topological polar surface area (TPSA) is 56.1 Å². The van der Waals surface area contributed by atoms with E-state index in [2.05, 4.69) is 0 Å². The molecule has 0 unspecified atom stereocenters. The maximum atomic E-state index is 9.78. The molecule has 0 atom stereocenters. The number of aliphatic imine (C=N–C) groups is 1. The minimum atomic E-state index is 0.196. The second-order valence-corrected chi connectivity index (χ2v) is 7.01. The first-order valence-corrected chi connectivity index (χ1v) is 9.69. The number of phenolic OH excluding ortho intramolecular Hbond substituents is 2. The molecule has 4 heteroatoms. The highest BCUT2D eigenvalue weighted by atomic mass is 16.3. The van der Waals surface area contributed by atoms with E-state index < -0.39 is 0 Å². The van der Waals surface area contributed by atoms with E-state index in [0.29, 0.717) is 0 Å². The summed E-state index contributed by atoms with van der Waals surface area (Å²) in [6, 6.07) is 32.0. The molecule has 0 aliphatic carbocycles. The van der Waals surface area contributed by atoms with Crippen LogP contribution in [0.1, 0.15) is 11.1 Å². The number of benzene rings is 4. The van der Waals surface area contributed by atoms with Crippen LogP contribution in [0.3, 0.4) is 0 Å². The maximum absolute atomic E-state index is 9.78. The maximum Gasteiger partial charge on any atom is 0.145 e. The van der Waals surface area contributed by atoms with Gasteiger partial charge in [0.15, 0.2) is 0 Å². The number of nitrogens with zero attached hydrogens (tertiary/aromatic N) is 2. The number of amidine groups is 1. The van der Waals surface area contributed by atoms with Gasteiger partial charge in [0, 0.05) is 16.9 Å². The van der Waals surface area contributed by atoms with E-state index in [1.165, 1.54) is 5.56 Å². The second kappa shape index (κ2) is 8.53. The Morgan fingerprint density at radius 2 is 1.13 bits per heavy atom. The van der Waals surface area contributed by atoms with Crippen molar-refractivity contribution in [3.63, 3.8) is 0 Å². The highest BCUT2D eigenvalue weighted by Gasteiger charge is 2.18. The average molecular weight is 394 g/mol. The van der Waals surface area contributed by atoms with Crippen molar-refractivity contribution in [3.8, 4) is 11.5 Å². The number of hydrogen-bond acceptors (Lipinski definition) is 3. The molecule has 0 saturated heterocycles. The van der Waals surface area contributed by atoms with Crippen molar-refractivity contribution >= 4 is 22.9 Å². The van der Waals surface area contributed by atoms with Gasteiger partial charge >= 0.3 is 0 Å². The van der Waals surface area contributed by atoms with Gasteiger partial charge in [-0.05, 0) is 67.6 Å². The number of rotatable bonds is 4. The Balaban J connectivity index is 1.93. The number of phenols is 2. The van der Waals surface area contributed by atoms with Crippen molar-refractivity contribution in [3.05, 3.63) is 114 Å². The Morgan fingerprint density at radius 3 is 1.63 bits per heavy atom. The Bertz CT molecular complexity index is 1090. The smallest absolute Gasteiger partial charge is 0.145 e. The third kappa shape index (κ3) is 4.33. The first-order valence-electron chi connectivity index (χ1n) is 9.69. The minimum Gasteiger partial charge on any atom is -0.508 e. The van der Waals surface area contributed by atoms with Crippen LogP contribution >= 0.6 is 0 Å². The predicted octanol–water partition coefficient (Wildman–Crippen LogP) is 6.32. The number of hydrogen-bond donors (Lipinski definition) is 2. The third-order valence-electron chi connectivity index (χ3n) is 4.73. The lowest BCUT2D eigenvalue weighted by Crippen LogP contribution is -2.26. The molecule has 30 heavy (non-hydrogen) atoms. The van der Waals surface area contributed by atoms with Gasteiger partial charge in [-0.2, -0.15) is 0 Å². The molecule has 0 saturated carbocycles. The summed E-state index contributed by atoms with van der Waals surface area (Å²) in [7, 11) is 0. The van der Waals surface area contributed by atoms with Crippen LogP contribution in [0, 0.1) is 6.92 Å². The molecule has 0 amide bonds. The summed E-state index contributed by atoms with van der Waals surface area (Å²) < 4.78 is 0. The summed E-state index contributed by atoms with van der Waals surface area (Å²) in [6.07, 6.45) is 0. The van der Waals surface area contributed by atoms with Gasteiger partial charge in [0.25, 0.3) is 0 Å². The first-order chi connectivity index (χ1) is 14.6. The van der Waals surface area contributed by atoms with Gasteiger partial charge in [-0.25, -0.2) is 4.99 Å². The molecule has 0 heterocycles. The summed E-state index contributed by atoms with van der Waals surface area (Å²) in [5.74, 6) is 1.12. The van der Waals surface area contributed by atoms with E-state index in [1.807, 2.05) is 90.7 Å². The van der Waals surface area contributed by atoms with Crippen molar-refractivity contribution in [2.24, 2.45) is 4.99 Å². The van der Waals surface area contributed by atoms with Gasteiger partial charge in [-0.1, -0.05) is 48.0 Å². The Morgan fingerprint density at radius 1 is 0.633 bits per heavy atom. The van der Waals surface area contributed by atoms with Crippen LogP contribution < -0.4 is 4.90 Å². The van der Waals surface area contributed by atoms with Crippen molar-refractivity contribution in [2.75, 3.05) is 4.90 Å². The summed E-state index contributed by atoms with van der Waals surface area (Å²) >= 11 is 0. The number of anilines is 2. The lowest BCUT2D eigenvalue weighted by atomic mass is 10.1. The van der Waals surface area contributed by atoms with E-state index in [0.717, 1.165) is 28.5 Å².